The Morgan fingerprint density at radius 1 is 1.23 bits per heavy atom. The summed E-state index contributed by atoms with van der Waals surface area (Å²) in [5, 5.41) is 7.57. The van der Waals surface area contributed by atoms with Crippen LogP contribution in [0.1, 0.15) is 24.4 Å². The van der Waals surface area contributed by atoms with Crippen molar-refractivity contribution in [2.45, 2.75) is 24.4 Å². The highest BCUT2D eigenvalue weighted by molar-refractivity contribution is 5.61. The highest BCUT2D eigenvalue weighted by Crippen LogP contribution is 2.59. The summed E-state index contributed by atoms with van der Waals surface area (Å²) >= 11 is 0. The molecule has 2 N–H and O–H groups in total. The van der Waals surface area contributed by atoms with Crippen molar-refractivity contribution in [1.82, 2.24) is 10.6 Å². The molecule has 1 aromatic carbocycles. The van der Waals surface area contributed by atoms with Gasteiger partial charge in [0, 0.05) is 18.2 Å². The first-order valence-corrected chi connectivity index (χ1v) is 8.10. The van der Waals surface area contributed by atoms with Crippen molar-refractivity contribution < 1.29 is 4.74 Å². The van der Waals surface area contributed by atoms with Crippen molar-refractivity contribution in [1.29, 1.82) is 0 Å². The van der Waals surface area contributed by atoms with Gasteiger partial charge in [-0.3, -0.25) is 0 Å². The molecule has 0 saturated heterocycles. The Bertz CT molecular complexity index is 728. The largest absolute Gasteiger partial charge is 0.497 e. The predicted molar refractivity (Wildman–Crippen MR) is 86.6 cm³/mol. The van der Waals surface area contributed by atoms with Crippen LogP contribution in [0.4, 0.5) is 0 Å². The van der Waals surface area contributed by atoms with Gasteiger partial charge >= 0.3 is 0 Å². The fourth-order valence-electron chi connectivity index (χ4n) is 4.35. The molecule has 5 rings (SSSR count). The maximum absolute atomic E-state index is 5.28. The average Bonchev–Trinajstić information content (AvgIpc) is 3.19. The zero-order valence-electron chi connectivity index (χ0n) is 12.7. The molecule has 2 aliphatic carbocycles. The molecule has 22 heavy (non-hydrogen) atoms. The quantitative estimate of drug-likeness (QED) is 0.879. The van der Waals surface area contributed by atoms with Crippen LogP contribution < -0.4 is 15.4 Å². The molecular formula is C19H20N2O. The second-order valence-electron chi connectivity index (χ2n) is 6.67. The van der Waals surface area contributed by atoms with E-state index in [1.165, 1.54) is 17.7 Å². The van der Waals surface area contributed by atoms with Gasteiger partial charge in [-0.1, -0.05) is 30.4 Å². The molecule has 1 spiro atoms. The van der Waals surface area contributed by atoms with Crippen LogP contribution in [-0.4, -0.2) is 19.2 Å². The minimum absolute atomic E-state index is 0.232. The highest BCUT2D eigenvalue weighted by Gasteiger charge is 2.61. The fourth-order valence-corrected chi connectivity index (χ4v) is 4.35. The van der Waals surface area contributed by atoms with Crippen LogP contribution in [0.25, 0.3) is 0 Å². The molecule has 3 atom stereocenters. The summed E-state index contributed by atoms with van der Waals surface area (Å²) in [5.41, 5.74) is 6.03. The van der Waals surface area contributed by atoms with Gasteiger partial charge < -0.3 is 15.4 Å². The van der Waals surface area contributed by atoms with Gasteiger partial charge in [0.2, 0.25) is 0 Å². The molecule has 0 amide bonds. The van der Waals surface area contributed by atoms with E-state index < -0.39 is 0 Å². The number of rotatable bonds is 2. The van der Waals surface area contributed by atoms with Gasteiger partial charge in [0.05, 0.1) is 18.7 Å². The SMILES string of the molecule is COc1ccc(C2NCCC3=C2NC24CC2C=CC=C34)cc1. The van der Waals surface area contributed by atoms with Crippen LogP contribution in [0.5, 0.6) is 5.75 Å². The molecule has 0 bridgehead atoms. The Kier molecular flexibility index (Phi) is 2.43. The lowest BCUT2D eigenvalue weighted by Crippen LogP contribution is -2.35. The van der Waals surface area contributed by atoms with Crippen LogP contribution in [0.2, 0.25) is 0 Å². The minimum atomic E-state index is 0.232. The number of allylic oxidation sites excluding steroid dienone is 2. The Labute approximate surface area is 130 Å². The van der Waals surface area contributed by atoms with E-state index in [0.29, 0.717) is 5.92 Å². The van der Waals surface area contributed by atoms with Gasteiger partial charge in [-0.15, -0.1) is 0 Å². The van der Waals surface area contributed by atoms with Crippen molar-refractivity contribution in [3.05, 3.63) is 64.9 Å². The Morgan fingerprint density at radius 2 is 2.09 bits per heavy atom. The summed E-state index contributed by atoms with van der Waals surface area (Å²) in [6.45, 7) is 1.04. The summed E-state index contributed by atoms with van der Waals surface area (Å²) in [6.07, 6.45) is 9.30. The fraction of sp³-hybridized carbons (Fsp3) is 0.368. The van der Waals surface area contributed by atoms with Gasteiger partial charge in [-0.2, -0.15) is 0 Å². The average molecular weight is 292 g/mol. The standard InChI is InChI=1S/C19H20N2O/c1-22-14-7-5-12(6-8-14)17-18-15(9-10-20-17)16-4-2-3-13-11-19(13,16)21-18/h2-8,13,17,20-21H,9-11H2,1H3. The number of methoxy groups -OCH3 is 1. The van der Waals surface area contributed by atoms with Crippen molar-refractivity contribution >= 4 is 0 Å². The highest BCUT2D eigenvalue weighted by atomic mass is 16.5. The molecule has 2 heterocycles. The van der Waals surface area contributed by atoms with Crippen LogP contribution in [0.3, 0.4) is 0 Å². The van der Waals surface area contributed by atoms with Gasteiger partial charge in [0.25, 0.3) is 0 Å². The number of hydrogen-bond donors (Lipinski definition) is 2. The summed E-state index contributed by atoms with van der Waals surface area (Å²) < 4.78 is 5.28. The molecule has 1 fully saturated rings. The topological polar surface area (TPSA) is 33.3 Å². The Hall–Kier alpha value is -2.00. The van der Waals surface area contributed by atoms with Crippen molar-refractivity contribution in [2.24, 2.45) is 5.92 Å². The second-order valence-corrected chi connectivity index (χ2v) is 6.67. The van der Waals surface area contributed by atoms with Gasteiger partial charge in [0.15, 0.2) is 0 Å². The minimum Gasteiger partial charge on any atom is -0.497 e. The normalized spacial score (nSPS) is 34.3. The maximum atomic E-state index is 5.28. The van der Waals surface area contributed by atoms with E-state index in [1.807, 2.05) is 12.1 Å². The van der Waals surface area contributed by atoms with Crippen molar-refractivity contribution in [2.75, 3.05) is 13.7 Å². The molecule has 0 aromatic heterocycles. The lowest BCUT2D eigenvalue weighted by atomic mass is 9.89. The molecule has 3 unspecified atom stereocenters. The Morgan fingerprint density at radius 3 is 2.91 bits per heavy atom. The Balaban J connectivity index is 1.55. The predicted octanol–water partition coefficient (Wildman–Crippen LogP) is 2.84. The third-order valence-electron chi connectivity index (χ3n) is 5.57. The van der Waals surface area contributed by atoms with Crippen LogP contribution in [-0.2, 0) is 0 Å². The number of hydrogen-bond acceptors (Lipinski definition) is 3. The maximum Gasteiger partial charge on any atom is 0.118 e. The van der Waals surface area contributed by atoms with Crippen molar-refractivity contribution in [3.8, 4) is 5.75 Å². The van der Waals surface area contributed by atoms with Gasteiger partial charge in [-0.05, 0) is 41.7 Å². The van der Waals surface area contributed by atoms with E-state index in [0.717, 1.165) is 18.7 Å². The monoisotopic (exact) mass is 292 g/mol. The lowest BCUT2D eigenvalue weighted by molar-refractivity contribution is 0.414. The summed E-state index contributed by atoms with van der Waals surface area (Å²) in [4.78, 5) is 0. The van der Waals surface area contributed by atoms with E-state index in [4.69, 9.17) is 4.74 Å². The van der Waals surface area contributed by atoms with E-state index in [-0.39, 0.29) is 11.6 Å². The molecule has 0 radical (unpaired) electrons. The van der Waals surface area contributed by atoms with Crippen LogP contribution >= 0.6 is 0 Å². The zero-order valence-corrected chi connectivity index (χ0v) is 12.7. The molecule has 3 heteroatoms. The van der Waals surface area contributed by atoms with E-state index >= 15 is 0 Å². The number of fused-ring (bicyclic) bond motifs is 1. The van der Waals surface area contributed by atoms with Crippen LogP contribution in [0, 0.1) is 5.92 Å². The first kappa shape index (κ1) is 12.5. The third kappa shape index (κ3) is 1.55. The number of nitrogens with one attached hydrogen (secondary N) is 2. The third-order valence-corrected chi connectivity index (χ3v) is 5.57. The van der Waals surface area contributed by atoms with Gasteiger partial charge in [-0.25, -0.2) is 0 Å². The molecule has 3 nitrogen and oxygen atoms in total. The first-order valence-electron chi connectivity index (χ1n) is 8.10. The summed E-state index contributed by atoms with van der Waals surface area (Å²) in [6, 6.07) is 8.71. The first-order chi connectivity index (χ1) is 10.8. The molecule has 1 aromatic rings. The molecule has 112 valence electrons. The molecule has 1 saturated carbocycles. The second kappa shape index (κ2) is 4.26. The summed E-state index contributed by atoms with van der Waals surface area (Å²) in [7, 11) is 1.71. The molecular weight excluding hydrogens is 272 g/mol. The molecule has 4 aliphatic rings. The van der Waals surface area contributed by atoms with Gasteiger partial charge in [0.1, 0.15) is 5.75 Å². The smallest absolute Gasteiger partial charge is 0.118 e. The van der Waals surface area contributed by atoms with Crippen LogP contribution in [0.15, 0.2) is 59.3 Å². The number of benzene rings is 1. The zero-order chi connectivity index (χ0) is 14.7. The van der Waals surface area contributed by atoms with E-state index in [1.54, 1.807) is 18.3 Å². The molecule has 2 aliphatic heterocycles. The van der Waals surface area contributed by atoms with E-state index in [2.05, 4.69) is 41.0 Å². The van der Waals surface area contributed by atoms with Crippen molar-refractivity contribution in [3.63, 3.8) is 0 Å². The van der Waals surface area contributed by atoms with E-state index in [9.17, 15) is 0 Å². The summed E-state index contributed by atoms with van der Waals surface area (Å²) in [5.74, 6) is 1.60. The number of ether oxygens (including phenoxy) is 1. The lowest BCUT2D eigenvalue weighted by Gasteiger charge is -2.27.